The first-order chi connectivity index (χ1) is 17.2. The number of carbonyl (C=O) groups excluding carboxylic acids is 2. The third kappa shape index (κ3) is 5.29. The highest BCUT2D eigenvalue weighted by Crippen LogP contribution is 2.23. The maximum atomic E-state index is 14.3. The van der Waals surface area contributed by atoms with Gasteiger partial charge in [0.25, 0.3) is 0 Å². The lowest BCUT2D eigenvalue weighted by Crippen LogP contribution is -2.23. The minimum Gasteiger partial charge on any atom is -0.468 e. The van der Waals surface area contributed by atoms with E-state index in [2.05, 4.69) is 4.72 Å². The molecule has 4 rings (SSSR count). The molecule has 0 aliphatic rings. The summed E-state index contributed by atoms with van der Waals surface area (Å²) in [7, 11) is -3.82. The number of aryl methyl sites for hydroxylation is 1. The zero-order chi connectivity index (χ0) is 25.9. The molecule has 0 aliphatic carbocycles. The minimum absolute atomic E-state index is 0.0151. The number of carbonyl (C=O) groups is 2. The Labute approximate surface area is 207 Å². The van der Waals surface area contributed by atoms with Crippen molar-refractivity contribution in [3.05, 3.63) is 107 Å². The number of ether oxygens (including phenoxy) is 1. The first-order valence-electron chi connectivity index (χ1n) is 10.9. The van der Waals surface area contributed by atoms with Gasteiger partial charge in [-0.25, -0.2) is 22.3 Å². The van der Waals surface area contributed by atoms with Crippen molar-refractivity contribution >= 4 is 21.8 Å². The molecule has 0 aliphatic heterocycles. The molecule has 2 aromatic heterocycles. The molecule has 4 aromatic rings. The number of furan rings is 1. The highest BCUT2D eigenvalue weighted by Gasteiger charge is 2.20. The molecule has 0 fully saturated rings. The number of sulfonamides is 1. The van der Waals surface area contributed by atoms with Crippen LogP contribution in [0, 0.1) is 19.7 Å². The fraction of sp³-hybridized carbons (Fsp3) is 0.154. The van der Waals surface area contributed by atoms with Gasteiger partial charge in [-0.1, -0.05) is 12.1 Å². The number of rotatable bonds is 9. The van der Waals surface area contributed by atoms with Crippen molar-refractivity contribution in [1.29, 1.82) is 0 Å². The van der Waals surface area contributed by atoms with Crippen LogP contribution in [0.2, 0.25) is 0 Å². The van der Waals surface area contributed by atoms with Crippen molar-refractivity contribution in [1.82, 2.24) is 9.29 Å². The molecule has 2 heterocycles. The number of Topliss-reactive ketones (excluding diaryl/α,β-unsaturated/α-hetero) is 1. The Hall–Kier alpha value is -4.02. The van der Waals surface area contributed by atoms with Gasteiger partial charge in [-0.05, 0) is 68.4 Å². The van der Waals surface area contributed by atoms with Crippen LogP contribution >= 0.6 is 0 Å². The van der Waals surface area contributed by atoms with Crippen LogP contribution in [0.25, 0.3) is 5.69 Å². The van der Waals surface area contributed by atoms with E-state index in [1.54, 1.807) is 54.8 Å². The molecule has 0 spiro atoms. The molecule has 1 N–H and O–H groups in total. The summed E-state index contributed by atoms with van der Waals surface area (Å²) < 4.78 is 53.4. The zero-order valence-corrected chi connectivity index (χ0v) is 20.3. The van der Waals surface area contributed by atoms with E-state index < -0.39 is 34.2 Å². The SMILES string of the molecule is Cc1cc(C(=O)COC(=O)c2ccc(S(=O)(=O)NCc3ccco3)cc2)c(C)n1-c1ccccc1F. The predicted molar refractivity (Wildman–Crippen MR) is 129 cm³/mol. The number of halogens is 1. The van der Waals surface area contributed by atoms with Gasteiger partial charge >= 0.3 is 5.97 Å². The molecule has 0 atom stereocenters. The average Bonchev–Trinajstić information content (AvgIpc) is 3.49. The molecule has 10 heteroatoms. The van der Waals surface area contributed by atoms with E-state index in [0.717, 1.165) is 0 Å². The van der Waals surface area contributed by atoms with Crippen molar-refractivity contribution in [2.75, 3.05) is 6.61 Å². The van der Waals surface area contributed by atoms with E-state index in [0.29, 0.717) is 28.4 Å². The summed E-state index contributed by atoms with van der Waals surface area (Å²) in [4.78, 5) is 25.2. The van der Waals surface area contributed by atoms with Crippen molar-refractivity contribution in [3.8, 4) is 5.69 Å². The summed E-state index contributed by atoms with van der Waals surface area (Å²) >= 11 is 0. The monoisotopic (exact) mass is 510 g/mol. The summed E-state index contributed by atoms with van der Waals surface area (Å²) in [5.74, 6) is -1.19. The molecule has 36 heavy (non-hydrogen) atoms. The van der Waals surface area contributed by atoms with Crippen molar-refractivity contribution in [3.63, 3.8) is 0 Å². The third-order valence-corrected chi connectivity index (χ3v) is 6.99. The standard InChI is InChI=1S/C26H23FN2O6S/c1-17-14-22(18(2)29(17)24-8-4-3-7-23(24)27)25(30)16-35-26(31)19-9-11-21(12-10-19)36(32,33)28-15-20-6-5-13-34-20/h3-14,28H,15-16H2,1-2H3. The van der Waals surface area contributed by atoms with Crippen LogP contribution in [0.4, 0.5) is 4.39 Å². The molecule has 0 unspecified atom stereocenters. The number of hydrogen-bond acceptors (Lipinski definition) is 6. The lowest BCUT2D eigenvalue weighted by Gasteiger charge is -2.11. The number of benzene rings is 2. The Morgan fingerprint density at radius 3 is 2.42 bits per heavy atom. The summed E-state index contributed by atoms with van der Waals surface area (Å²) in [6.07, 6.45) is 1.44. The molecule has 2 aromatic carbocycles. The van der Waals surface area contributed by atoms with E-state index in [-0.39, 0.29) is 17.0 Å². The molecular weight excluding hydrogens is 487 g/mol. The van der Waals surface area contributed by atoms with Gasteiger partial charge in [-0.3, -0.25) is 4.79 Å². The van der Waals surface area contributed by atoms with Gasteiger partial charge in [0.1, 0.15) is 11.6 Å². The maximum Gasteiger partial charge on any atom is 0.338 e. The number of nitrogens with zero attached hydrogens (tertiary/aromatic N) is 1. The largest absolute Gasteiger partial charge is 0.468 e. The van der Waals surface area contributed by atoms with Crippen LogP contribution in [0.1, 0.15) is 37.9 Å². The van der Waals surface area contributed by atoms with E-state index in [4.69, 9.17) is 9.15 Å². The van der Waals surface area contributed by atoms with Gasteiger partial charge in [0.05, 0.1) is 29.0 Å². The second kappa shape index (κ2) is 10.3. The zero-order valence-electron chi connectivity index (χ0n) is 19.5. The summed E-state index contributed by atoms with van der Waals surface area (Å²) in [6, 6.07) is 16.3. The van der Waals surface area contributed by atoms with Gasteiger partial charge < -0.3 is 13.7 Å². The minimum atomic E-state index is -3.82. The lowest BCUT2D eigenvalue weighted by atomic mass is 10.1. The molecule has 8 nitrogen and oxygen atoms in total. The van der Waals surface area contributed by atoms with Gasteiger partial charge in [0, 0.05) is 17.0 Å². The van der Waals surface area contributed by atoms with Crippen molar-refractivity contribution < 1.29 is 31.6 Å². The summed E-state index contributed by atoms with van der Waals surface area (Å²) in [6.45, 7) is 2.90. The molecule has 0 saturated carbocycles. The number of esters is 1. The van der Waals surface area contributed by atoms with Gasteiger partial charge in [0.15, 0.2) is 6.61 Å². The van der Waals surface area contributed by atoms with Crippen molar-refractivity contribution in [2.24, 2.45) is 0 Å². The number of aromatic nitrogens is 1. The van der Waals surface area contributed by atoms with Crippen LogP contribution in [-0.4, -0.2) is 31.3 Å². The van der Waals surface area contributed by atoms with E-state index in [1.165, 1.54) is 36.6 Å². The highest BCUT2D eigenvalue weighted by atomic mass is 32.2. The van der Waals surface area contributed by atoms with E-state index >= 15 is 0 Å². The Balaban J connectivity index is 1.40. The van der Waals surface area contributed by atoms with Crippen LogP contribution in [0.15, 0.2) is 82.3 Å². The van der Waals surface area contributed by atoms with Crippen molar-refractivity contribution in [2.45, 2.75) is 25.3 Å². The number of ketones is 1. The highest BCUT2D eigenvalue weighted by molar-refractivity contribution is 7.89. The van der Waals surface area contributed by atoms with Gasteiger partial charge in [-0.15, -0.1) is 0 Å². The average molecular weight is 511 g/mol. The van der Waals surface area contributed by atoms with Gasteiger partial charge in [-0.2, -0.15) is 0 Å². The summed E-state index contributed by atoms with van der Waals surface area (Å²) in [5, 5.41) is 0. The number of para-hydroxylation sites is 1. The molecular formula is C26H23FN2O6S. The Morgan fingerprint density at radius 1 is 1.03 bits per heavy atom. The first-order valence-corrected chi connectivity index (χ1v) is 12.4. The van der Waals surface area contributed by atoms with E-state index in [9.17, 15) is 22.4 Å². The smallest absolute Gasteiger partial charge is 0.338 e. The topological polar surface area (TPSA) is 108 Å². The molecule has 0 saturated heterocycles. The van der Waals surface area contributed by atoms with E-state index in [1.807, 2.05) is 0 Å². The quantitative estimate of drug-likeness (QED) is 0.265. The molecule has 186 valence electrons. The Morgan fingerprint density at radius 2 is 1.75 bits per heavy atom. The molecule has 0 radical (unpaired) electrons. The Kier molecular flexibility index (Phi) is 7.18. The number of hydrogen-bond donors (Lipinski definition) is 1. The first kappa shape index (κ1) is 25.1. The second-order valence-corrected chi connectivity index (χ2v) is 9.77. The van der Waals surface area contributed by atoms with Crippen LogP contribution in [-0.2, 0) is 21.3 Å². The van der Waals surface area contributed by atoms with Gasteiger partial charge in [0.2, 0.25) is 15.8 Å². The second-order valence-electron chi connectivity index (χ2n) is 8.00. The van der Waals surface area contributed by atoms with Crippen LogP contribution in [0.3, 0.4) is 0 Å². The Bertz CT molecular complexity index is 1510. The maximum absolute atomic E-state index is 14.3. The molecule has 0 bridgehead atoms. The fourth-order valence-corrected chi connectivity index (χ4v) is 4.77. The third-order valence-electron chi connectivity index (χ3n) is 5.58. The fourth-order valence-electron chi connectivity index (χ4n) is 3.77. The molecule has 0 amide bonds. The normalized spacial score (nSPS) is 11.4. The summed E-state index contributed by atoms with van der Waals surface area (Å²) in [5.41, 5.74) is 1.90. The van der Waals surface area contributed by atoms with Crippen LogP contribution in [0.5, 0.6) is 0 Å². The predicted octanol–water partition coefficient (Wildman–Crippen LogP) is 4.34. The van der Waals surface area contributed by atoms with Crippen LogP contribution < -0.4 is 4.72 Å². The lowest BCUT2D eigenvalue weighted by molar-refractivity contribution is 0.0474. The number of nitrogens with one attached hydrogen (secondary N) is 1.